The average molecular weight is 314 g/mol. The van der Waals surface area contributed by atoms with Gasteiger partial charge in [-0.05, 0) is 50.2 Å². The highest BCUT2D eigenvalue weighted by Crippen LogP contribution is 2.31. The second kappa shape index (κ2) is 7.31. The summed E-state index contributed by atoms with van der Waals surface area (Å²) in [6, 6.07) is 7.26. The maximum atomic E-state index is 12.1. The zero-order valence-corrected chi connectivity index (χ0v) is 13.1. The van der Waals surface area contributed by atoms with Crippen LogP contribution in [-0.2, 0) is 9.59 Å². The van der Waals surface area contributed by atoms with E-state index in [0.29, 0.717) is 24.0 Å². The van der Waals surface area contributed by atoms with Gasteiger partial charge in [0.15, 0.2) is 0 Å². The number of carbonyl (C=O) groups excluding carboxylic acids is 2. The van der Waals surface area contributed by atoms with Crippen LogP contribution >= 0.6 is 0 Å². The Balaban J connectivity index is 1.55. The van der Waals surface area contributed by atoms with E-state index in [2.05, 4.69) is 16.7 Å². The molecule has 0 aromatic heterocycles. The van der Waals surface area contributed by atoms with Gasteiger partial charge in [-0.2, -0.15) is 0 Å². The lowest BCUT2D eigenvalue weighted by Crippen LogP contribution is -2.42. The quantitative estimate of drug-likeness (QED) is 0.648. The molecule has 0 aliphatic heterocycles. The van der Waals surface area contributed by atoms with Crippen molar-refractivity contribution < 1.29 is 14.3 Å². The standard InChI is InChI=1S/C18H22N2O3/c21-17(19-14-6-2-1-3-7-14)18(22)20-15-8-4-5-9-16(15)23-12-13-10-11-13/h1-2,4-5,8-9,13-14H,3,6-7,10-12H2,(H,19,21)(H,20,22)/t14-/m1/s1. The predicted octanol–water partition coefficient (Wildman–Crippen LogP) is 2.64. The number of para-hydroxylation sites is 2. The molecule has 1 fully saturated rings. The fraction of sp³-hybridized carbons (Fsp3) is 0.444. The molecule has 1 aromatic carbocycles. The first-order chi connectivity index (χ1) is 11.2. The van der Waals surface area contributed by atoms with E-state index in [9.17, 15) is 9.59 Å². The normalized spacial score (nSPS) is 19.9. The van der Waals surface area contributed by atoms with Gasteiger partial charge in [0.2, 0.25) is 0 Å². The average Bonchev–Trinajstić information content (AvgIpc) is 3.39. The molecule has 1 saturated carbocycles. The third kappa shape index (κ3) is 4.58. The highest BCUT2D eigenvalue weighted by Gasteiger charge is 2.23. The van der Waals surface area contributed by atoms with Crippen molar-refractivity contribution in [3.8, 4) is 5.75 Å². The van der Waals surface area contributed by atoms with Crippen LogP contribution in [0.25, 0.3) is 0 Å². The van der Waals surface area contributed by atoms with Crippen LogP contribution in [-0.4, -0.2) is 24.5 Å². The Kier molecular flexibility index (Phi) is 4.95. The number of rotatable bonds is 5. The summed E-state index contributed by atoms with van der Waals surface area (Å²) >= 11 is 0. The van der Waals surface area contributed by atoms with Crippen LogP contribution in [0.15, 0.2) is 36.4 Å². The predicted molar refractivity (Wildman–Crippen MR) is 88.2 cm³/mol. The third-order valence-corrected chi connectivity index (χ3v) is 4.12. The summed E-state index contributed by atoms with van der Waals surface area (Å²) in [4.78, 5) is 24.1. The van der Waals surface area contributed by atoms with Gasteiger partial charge < -0.3 is 15.4 Å². The SMILES string of the molecule is O=C(Nc1ccccc1OCC1CC1)C(=O)N[C@@H]1CC=CCC1. The van der Waals surface area contributed by atoms with Crippen molar-refractivity contribution in [2.24, 2.45) is 5.92 Å². The smallest absolute Gasteiger partial charge is 0.313 e. The zero-order chi connectivity index (χ0) is 16.1. The first-order valence-electron chi connectivity index (χ1n) is 8.21. The van der Waals surface area contributed by atoms with Crippen molar-refractivity contribution in [3.63, 3.8) is 0 Å². The van der Waals surface area contributed by atoms with E-state index in [1.165, 1.54) is 12.8 Å². The molecule has 2 N–H and O–H groups in total. The second-order valence-corrected chi connectivity index (χ2v) is 6.16. The van der Waals surface area contributed by atoms with E-state index in [1.54, 1.807) is 6.07 Å². The molecular weight excluding hydrogens is 292 g/mol. The number of hydrogen-bond donors (Lipinski definition) is 2. The molecule has 0 saturated heterocycles. The van der Waals surface area contributed by atoms with Crippen LogP contribution in [0, 0.1) is 5.92 Å². The molecule has 1 atom stereocenters. The Labute approximate surface area is 136 Å². The van der Waals surface area contributed by atoms with Gasteiger partial charge in [0.05, 0.1) is 12.3 Å². The molecule has 2 aliphatic rings. The van der Waals surface area contributed by atoms with Crippen molar-refractivity contribution in [2.75, 3.05) is 11.9 Å². The minimum absolute atomic E-state index is 0.0413. The lowest BCUT2D eigenvalue weighted by atomic mass is 10.0. The van der Waals surface area contributed by atoms with Crippen LogP contribution in [0.5, 0.6) is 5.75 Å². The van der Waals surface area contributed by atoms with Crippen LogP contribution in [0.1, 0.15) is 32.1 Å². The Hall–Kier alpha value is -2.30. The molecule has 2 aliphatic carbocycles. The van der Waals surface area contributed by atoms with Gasteiger partial charge in [-0.25, -0.2) is 0 Å². The highest BCUT2D eigenvalue weighted by molar-refractivity contribution is 6.39. The number of hydrogen-bond acceptors (Lipinski definition) is 3. The highest BCUT2D eigenvalue weighted by atomic mass is 16.5. The van der Waals surface area contributed by atoms with Gasteiger partial charge >= 0.3 is 11.8 Å². The fourth-order valence-electron chi connectivity index (χ4n) is 2.54. The minimum atomic E-state index is -0.651. The summed E-state index contributed by atoms with van der Waals surface area (Å²) in [6.07, 6.45) is 9.12. The molecule has 0 radical (unpaired) electrons. The molecule has 23 heavy (non-hydrogen) atoms. The first-order valence-corrected chi connectivity index (χ1v) is 8.21. The first kappa shape index (κ1) is 15.6. The molecule has 2 amide bonds. The Morgan fingerprint density at radius 1 is 1.09 bits per heavy atom. The van der Waals surface area contributed by atoms with Crippen molar-refractivity contribution >= 4 is 17.5 Å². The number of nitrogens with one attached hydrogen (secondary N) is 2. The Bertz CT molecular complexity index is 608. The van der Waals surface area contributed by atoms with Gasteiger partial charge in [-0.15, -0.1) is 0 Å². The lowest BCUT2D eigenvalue weighted by molar-refractivity contribution is -0.136. The van der Waals surface area contributed by atoms with Gasteiger partial charge in [0.25, 0.3) is 0 Å². The number of benzene rings is 1. The molecule has 1 aromatic rings. The number of allylic oxidation sites excluding steroid dienone is 1. The van der Waals surface area contributed by atoms with E-state index in [-0.39, 0.29) is 6.04 Å². The zero-order valence-electron chi connectivity index (χ0n) is 13.1. The topological polar surface area (TPSA) is 67.4 Å². The molecule has 5 nitrogen and oxygen atoms in total. The van der Waals surface area contributed by atoms with Crippen molar-refractivity contribution in [1.29, 1.82) is 0 Å². The molecule has 0 spiro atoms. The molecule has 0 heterocycles. The molecule has 122 valence electrons. The lowest BCUT2D eigenvalue weighted by Gasteiger charge is -2.19. The number of amides is 2. The summed E-state index contributed by atoms with van der Waals surface area (Å²) in [7, 11) is 0. The van der Waals surface area contributed by atoms with Gasteiger partial charge in [0, 0.05) is 6.04 Å². The Morgan fingerprint density at radius 3 is 2.65 bits per heavy atom. The van der Waals surface area contributed by atoms with E-state index in [0.717, 1.165) is 19.3 Å². The van der Waals surface area contributed by atoms with Crippen LogP contribution in [0.2, 0.25) is 0 Å². The maximum Gasteiger partial charge on any atom is 0.313 e. The Morgan fingerprint density at radius 2 is 1.91 bits per heavy atom. The van der Waals surface area contributed by atoms with E-state index in [1.807, 2.05) is 24.3 Å². The van der Waals surface area contributed by atoms with Crippen LogP contribution in [0.3, 0.4) is 0 Å². The number of carbonyl (C=O) groups is 2. The monoisotopic (exact) mass is 314 g/mol. The fourth-order valence-corrected chi connectivity index (χ4v) is 2.54. The minimum Gasteiger partial charge on any atom is -0.491 e. The molecular formula is C18H22N2O3. The van der Waals surface area contributed by atoms with Crippen molar-refractivity contribution in [2.45, 2.75) is 38.1 Å². The number of ether oxygens (including phenoxy) is 1. The van der Waals surface area contributed by atoms with Crippen LogP contribution in [0.4, 0.5) is 5.69 Å². The van der Waals surface area contributed by atoms with Crippen molar-refractivity contribution in [1.82, 2.24) is 5.32 Å². The van der Waals surface area contributed by atoms with Gasteiger partial charge in [-0.3, -0.25) is 9.59 Å². The van der Waals surface area contributed by atoms with E-state index < -0.39 is 11.8 Å². The largest absolute Gasteiger partial charge is 0.491 e. The second-order valence-electron chi connectivity index (χ2n) is 6.16. The number of anilines is 1. The van der Waals surface area contributed by atoms with Gasteiger partial charge in [-0.1, -0.05) is 24.3 Å². The maximum absolute atomic E-state index is 12.1. The molecule has 3 rings (SSSR count). The summed E-state index contributed by atoms with van der Waals surface area (Å²) in [5, 5.41) is 5.43. The van der Waals surface area contributed by atoms with E-state index in [4.69, 9.17) is 4.74 Å². The summed E-state index contributed by atoms with van der Waals surface area (Å²) in [5.74, 6) is -0.00752. The van der Waals surface area contributed by atoms with E-state index >= 15 is 0 Å². The summed E-state index contributed by atoms with van der Waals surface area (Å²) in [5.41, 5.74) is 0.539. The summed E-state index contributed by atoms with van der Waals surface area (Å²) in [6.45, 7) is 0.660. The molecule has 0 bridgehead atoms. The van der Waals surface area contributed by atoms with Crippen LogP contribution < -0.4 is 15.4 Å². The van der Waals surface area contributed by atoms with Crippen molar-refractivity contribution in [3.05, 3.63) is 36.4 Å². The molecule has 0 unspecified atom stereocenters. The van der Waals surface area contributed by atoms with Gasteiger partial charge in [0.1, 0.15) is 5.75 Å². The molecule has 5 heteroatoms. The summed E-state index contributed by atoms with van der Waals surface area (Å²) < 4.78 is 5.74. The third-order valence-electron chi connectivity index (χ3n) is 4.12.